The van der Waals surface area contributed by atoms with E-state index in [2.05, 4.69) is 32.7 Å². The minimum atomic E-state index is -0.256. The van der Waals surface area contributed by atoms with Gasteiger partial charge in [-0.05, 0) is 39.5 Å². The van der Waals surface area contributed by atoms with Gasteiger partial charge in [0.1, 0.15) is 5.01 Å². The van der Waals surface area contributed by atoms with Crippen LogP contribution >= 0.6 is 11.3 Å². The maximum Gasteiger partial charge on any atom is 0.113 e. The van der Waals surface area contributed by atoms with Crippen molar-refractivity contribution >= 4 is 11.3 Å². The van der Waals surface area contributed by atoms with Crippen LogP contribution in [-0.2, 0) is 5.54 Å². The second kappa shape index (κ2) is 4.62. The summed E-state index contributed by atoms with van der Waals surface area (Å²) in [4.78, 5) is 5.84. The van der Waals surface area contributed by atoms with Gasteiger partial charge in [0, 0.05) is 4.88 Å². The largest absolute Gasteiger partial charge is 0.320 e. The number of nitrogens with zero attached hydrogens (tertiary/aromatic N) is 1. The number of nitrogens with two attached hydrogens (primary N) is 1. The molecule has 0 aliphatic rings. The molecule has 0 fully saturated rings. The monoisotopic (exact) mass is 226 g/mol. The van der Waals surface area contributed by atoms with E-state index in [1.165, 1.54) is 4.88 Å². The smallest absolute Gasteiger partial charge is 0.113 e. The summed E-state index contributed by atoms with van der Waals surface area (Å²) in [6.45, 7) is 10.7. The zero-order chi connectivity index (χ0) is 11.6. The summed E-state index contributed by atoms with van der Waals surface area (Å²) in [5.74, 6) is 0.704. The van der Waals surface area contributed by atoms with Crippen molar-refractivity contribution in [3.8, 4) is 0 Å². The van der Waals surface area contributed by atoms with Gasteiger partial charge in [0.25, 0.3) is 0 Å². The van der Waals surface area contributed by atoms with Gasteiger partial charge in [-0.15, -0.1) is 11.3 Å². The highest BCUT2D eigenvalue weighted by molar-refractivity contribution is 7.11. The molecule has 2 nitrogen and oxygen atoms in total. The lowest BCUT2D eigenvalue weighted by Crippen LogP contribution is -2.33. The molecule has 1 aromatic rings. The van der Waals surface area contributed by atoms with Crippen LogP contribution < -0.4 is 5.73 Å². The van der Waals surface area contributed by atoms with Gasteiger partial charge >= 0.3 is 0 Å². The van der Waals surface area contributed by atoms with E-state index >= 15 is 0 Å². The summed E-state index contributed by atoms with van der Waals surface area (Å²) in [5, 5.41) is 1.08. The van der Waals surface area contributed by atoms with E-state index in [-0.39, 0.29) is 5.54 Å². The Balaban J connectivity index is 2.76. The molecule has 1 unspecified atom stereocenters. The maximum absolute atomic E-state index is 6.32. The van der Waals surface area contributed by atoms with E-state index < -0.39 is 0 Å². The van der Waals surface area contributed by atoms with E-state index in [0.717, 1.165) is 23.5 Å². The summed E-state index contributed by atoms with van der Waals surface area (Å²) >= 11 is 1.74. The van der Waals surface area contributed by atoms with Gasteiger partial charge < -0.3 is 5.73 Å². The van der Waals surface area contributed by atoms with Crippen molar-refractivity contribution in [3.05, 3.63) is 15.6 Å². The standard InChI is InChI=1S/C12H22N2S/c1-8(2)6-7-12(5,13)11-14-9(3)10(4)15-11/h8H,6-7,13H2,1-5H3. The summed E-state index contributed by atoms with van der Waals surface area (Å²) in [6.07, 6.45) is 2.17. The average molecular weight is 226 g/mol. The fourth-order valence-corrected chi connectivity index (χ4v) is 2.41. The van der Waals surface area contributed by atoms with Gasteiger partial charge in [0.05, 0.1) is 11.2 Å². The first kappa shape index (κ1) is 12.7. The molecule has 1 rings (SSSR count). The molecule has 0 aromatic carbocycles. The molecule has 0 aliphatic carbocycles. The SMILES string of the molecule is Cc1nc(C(C)(N)CCC(C)C)sc1C. The molecule has 0 radical (unpaired) electrons. The summed E-state index contributed by atoms with van der Waals surface area (Å²) in [6, 6.07) is 0. The third-order valence-corrected chi connectivity index (χ3v) is 4.11. The Bertz CT molecular complexity index is 307. The van der Waals surface area contributed by atoms with Gasteiger partial charge in [-0.3, -0.25) is 0 Å². The third-order valence-electron chi connectivity index (χ3n) is 2.76. The molecule has 15 heavy (non-hydrogen) atoms. The molecule has 3 heteroatoms. The minimum Gasteiger partial charge on any atom is -0.320 e. The molecule has 86 valence electrons. The molecule has 1 atom stereocenters. The number of thiazole rings is 1. The van der Waals surface area contributed by atoms with Crippen LogP contribution in [0, 0.1) is 19.8 Å². The van der Waals surface area contributed by atoms with E-state index in [9.17, 15) is 0 Å². The van der Waals surface area contributed by atoms with Crippen molar-refractivity contribution in [2.75, 3.05) is 0 Å². The van der Waals surface area contributed by atoms with E-state index in [4.69, 9.17) is 5.73 Å². The Hall–Kier alpha value is -0.410. The number of aryl methyl sites for hydroxylation is 2. The Morgan fingerprint density at radius 1 is 1.40 bits per heavy atom. The summed E-state index contributed by atoms with van der Waals surface area (Å²) in [5.41, 5.74) is 7.18. The fourth-order valence-electron chi connectivity index (χ4n) is 1.41. The normalized spacial score (nSPS) is 15.7. The van der Waals surface area contributed by atoms with Crippen molar-refractivity contribution in [3.63, 3.8) is 0 Å². The first-order valence-electron chi connectivity index (χ1n) is 5.56. The lowest BCUT2D eigenvalue weighted by molar-refractivity contribution is 0.394. The highest BCUT2D eigenvalue weighted by Gasteiger charge is 2.25. The molecule has 2 N–H and O–H groups in total. The highest BCUT2D eigenvalue weighted by atomic mass is 32.1. The Labute approximate surface area is 96.9 Å². The maximum atomic E-state index is 6.32. The average Bonchev–Trinajstić information content (AvgIpc) is 2.45. The number of hydrogen-bond acceptors (Lipinski definition) is 3. The molecule has 0 spiro atoms. The van der Waals surface area contributed by atoms with Gasteiger partial charge in [0.15, 0.2) is 0 Å². The number of hydrogen-bond donors (Lipinski definition) is 1. The van der Waals surface area contributed by atoms with Crippen molar-refractivity contribution in [1.29, 1.82) is 0 Å². The zero-order valence-corrected chi connectivity index (χ0v) is 11.2. The van der Waals surface area contributed by atoms with Gasteiger partial charge in [-0.25, -0.2) is 4.98 Å². The second-order valence-electron chi connectivity index (χ2n) is 5.01. The minimum absolute atomic E-state index is 0.256. The lowest BCUT2D eigenvalue weighted by Gasteiger charge is -2.22. The van der Waals surface area contributed by atoms with Crippen molar-refractivity contribution in [2.45, 2.75) is 53.0 Å². The quantitative estimate of drug-likeness (QED) is 0.855. The topological polar surface area (TPSA) is 38.9 Å². The van der Waals surface area contributed by atoms with Gasteiger partial charge in [-0.1, -0.05) is 13.8 Å². The van der Waals surface area contributed by atoms with Crippen LogP contribution in [0.5, 0.6) is 0 Å². The van der Waals surface area contributed by atoms with Crippen LogP contribution in [0.25, 0.3) is 0 Å². The van der Waals surface area contributed by atoms with Crippen LogP contribution in [0.4, 0.5) is 0 Å². The summed E-state index contributed by atoms with van der Waals surface area (Å²) < 4.78 is 0. The fraction of sp³-hybridized carbons (Fsp3) is 0.750. The first-order valence-corrected chi connectivity index (χ1v) is 6.38. The van der Waals surface area contributed by atoms with E-state index in [1.807, 2.05) is 6.92 Å². The molecule has 0 bridgehead atoms. The van der Waals surface area contributed by atoms with E-state index in [1.54, 1.807) is 11.3 Å². The second-order valence-corrected chi connectivity index (χ2v) is 6.21. The van der Waals surface area contributed by atoms with Crippen LogP contribution in [0.3, 0.4) is 0 Å². The molecule has 1 heterocycles. The summed E-state index contributed by atoms with van der Waals surface area (Å²) in [7, 11) is 0. The predicted octanol–water partition coefficient (Wildman–Crippen LogP) is 3.37. The highest BCUT2D eigenvalue weighted by Crippen LogP contribution is 2.30. The molecule has 0 amide bonds. The van der Waals surface area contributed by atoms with Crippen molar-refractivity contribution in [2.24, 2.45) is 11.7 Å². The van der Waals surface area contributed by atoms with E-state index in [0.29, 0.717) is 5.92 Å². The lowest BCUT2D eigenvalue weighted by atomic mass is 9.93. The van der Waals surface area contributed by atoms with Crippen LogP contribution in [0.1, 0.15) is 49.2 Å². The molecule has 0 saturated carbocycles. The van der Waals surface area contributed by atoms with Crippen LogP contribution in [0.15, 0.2) is 0 Å². The Morgan fingerprint density at radius 3 is 2.40 bits per heavy atom. The zero-order valence-electron chi connectivity index (χ0n) is 10.4. The number of aromatic nitrogens is 1. The first-order chi connectivity index (χ1) is 6.83. The molecular formula is C12H22N2S. The number of rotatable bonds is 4. The van der Waals surface area contributed by atoms with Crippen LogP contribution in [0.2, 0.25) is 0 Å². The molecular weight excluding hydrogens is 204 g/mol. The molecule has 0 aliphatic heterocycles. The van der Waals surface area contributed by atoms with Crippen LogP contribution in [-0.4, -0.2) is 4.98 Å². The molecule has 0 saturated heterocycles. The van der Waals surface area contributed by atoms with Crippen molar-refractivity contribution in [1.82, 2.24) is 4.98 Å². The Morgan fingerprint density at radius 2 is 2.00 bits per heavy atom. The van der Waals surface area contributed by atoms with Gasteiger partial charge in [0.2, 0.25) is 0 Å². The third kappa shape index (κ3) is 3.28. The predicted molar refractivity (Wildman–Crippen MR) is 67.2 cm³/mol. The Kier molecular flexibility index (Phi) is 3.90. The van der Waals surface area contributed by atoms with Crippen molar-refractivity contribution < 1.29 is 0 Å². The molecule has 1 aromatic heterocycles. The van der Waals surface area contributed by atoms with Gasteiger partial charge in [-0.2, -0.15) is 0 Å².